The zero-order chi connectivity index (χ0) is 14.6. The van der Waals surface area contributed by atoms with Crippen molar-refractivity contribution in [3.05, 3.63) is 59.4 Å². The van der Waals surface area contributed by atoms with Crippen LogP contribution in [0.2, 0.25) is 0 Å². The zero-order valence-corrected chi connectivity index (χ0v) is 12.2. The lowest BCUT2D eigenvalue weighted by Crippen LogP contribution is -2.35. The molecule has 4 heteroatoms. The predicted molar refractivity (Wildman–Crippen MR) is 77.8 cm³/mol. The van der Waals surface area contributed by atoms with Crippen LogP contribution in [-0.4, -0.2) is 15.5 Å². The van der Waals surface area contributed by atoms with Gasteiger partial charge in [0.25, 0.3) is 0 Å². The highest BCUT2D eigenvalue weighted by Crippen LogP contribution is 2.10. The Morgan fingerprint density at radius 1 is 1.10 bits per heavy atom. The SMILES string of the molecule is CC(C)(C)NCc1cnc(Cc2ccccc2F)nc1. The van der Waals surface area contributed by atoms with Crippen LogP contribution in [0.3, 0.4) is 0 Å². The number of hydrogen-bond donors (Lipinski definition) is 1. The molecule has 1 aromatic heterocycles. The largest absolute Gasteiger partial charge is 0.308 e. The number of hydrogen-bond acceptors (Lipinski definition) is 3. The molecule has 2 aromatic rings. The lowest BCUT2D eigenvalue weighted by Gasteiger charge is -2.20. The van der Waals surface area contributed by atoms with Crippen molar-refractivity contribution < 1.29 is 4.39 Å². The van der Waals surface area contributed by atoms with Crippen molar-refractivity contribution >= 4 is 0 Å². The van der Waals surface area contributed by atoms with Crippen LogP contribution >= 0.6 is 0 Å². The molecule has 3 nitrogen and oxygen atoms in total. The molecule has 0 radical (unpaired) electrons. The van der Waals surface area contributed by atoms with E-state index in [2.05, 4.69) is 36.1 Å². The second-order valence-corrected chi connectivity index (χ2v) is 5.88. The number of halogens is 1. The Bertz CT molecular complexity index is 559. The molecule has 20 heavy (non-hydrogen) atoms. The predicted octanol–water partition coefficient (Wildman–Crippen LogP) is 3.09. The first-order chi connectivity index (χ1) is 9.44. The number of nitrogens with one attached hydrogen (secondary N) is 1. The fraction of sp³-hybridized carbons (Fsp3) is 0.375. The molecule has 0 saturated heterocycles. The Morgan fingerprint density at radius 3 is 2.35 bits per heavy atom. The molecule has 0 atom stereocenters. The molecule has 1 heterocycles. The fourth-order valence-corrected chi connectivity index (χ4v) is 1.74. The van der Waals surface area contributed by atoms with Crippen LogP contribution in [0.25, 0.3) is 0 Å². The zero-order valence-electron chi connectivity index (χ0n) is 12.2. The van der Waals surface area contributed by atoms with Gasteiger partial charge in [-0.2, -0.15) is 0 Å². The van der Waals surface area contributed by atoms with Crippen LogP contribution in [0.1, 0.15) is 37.7 Å². The van der Waals surface area contributed by atoms with Crippen LogP contribution in [-0.2, 0) is 13.0 Å². The molecule has 0 saturated carbocycles. The van der Waals surface area contributed by atoms with Gasteiger partial charge in [0.1, 0.15) is 11.6 Å². The second kappa shape index (κ2) is 6.09. The van der Waals surface area contributed by atoms with E-state index in [1.165, 1.54) is 6.07 Å². The molecule has 0 amide bonds. The van der Waals surface area contributed by atoms with Gasteiger partial charge in [0.15, 0.2) is 0 Å². The maximum absolute atomic E-state index is 13.5. The standard InChI is InChI=1S/C16H20FN3/c1-16(2,3)20-11-12-9-18-15(19-10-12)8-13-6-4-5-7-14(13)17/h4-7,9-10,20H,8,11H2,1-3H3. The quantitative estimate of drug-likeness (QED) is 0.930. The van der Waals surface area contributed by atoms with Crippen LogP contribution in [0, 0.1) is 5.82 Å². The summed E-state index contributed by atoms with van der Waals surface area (Å²) in [6, 6.07) is 6.71. The number of rotatable bonds is 4. The van der Waals surface area contributed by atoms with E-state index in [9.17, 15) is 4.39 Å². The van der Waals surface area contributed by atoms with Crippen molar-refractivity contribution in [1.82, 2.24) is 15.3 Å². The van der Waals surface area contributed by atoms with E-state index >= 15 is 0 Å². The Balaban J connectivity index is 2.00. The van der Waals surface area contributed by atoms with Crippen molar-refractivity contribution in [3.8, 4) is 0 Å². The van der Waals surface area contributed by atoms with Gasteiger partial charge in [-0.1, -0.05) is 18.2 Å². The first-order valence-corrected chi connectivity index (χ1v) is 6.72. The highest BCUT2D eigenvalue weighted by Gasteiger charge is 2.09. The second-order valence-electron chi connectivity index (χ2n) is 5.88. The van der Waals surface area contributed by atoms with Crippen molar-refractivity contribution in [2.45, 2.75) is 39.3 Å². The van der Waals surface area contributed by atoms with Gasteiger partial charge in [-0.05, 0) is 32.4 Å². The smallest absolute Gasteiger partial charge is 0.132 e. The van der Waals surface area contributed by atoms with Gasteiger partial charge in [0.2, 0.25) is 0 Å². The third-order valence-electron chi connectivity index (χ3n) is 2.89. The van der Waals surface area contributed by atoms with Crippen molar-refractivity contribution in [3.63, 3.8) is 0 Å². The van der Waals surface area contributed by atoms with E-state index < -0.39 is 0 Å². The summed E-state index contributed by atoms with van der Waals surface area (Å²) in [5, 5.41) is 3.38. The van der Waals surface area contributed by atoms with Gasteiger partial charge in [0, 0.05) is 36.5 Å². The molecular weight excluding hydrogens is 253 g/mol. The topological polar surface area (TPSA) is 37.8 Å². The van der Waals surface area contributed by atoms with Gasteiger partial charge in [-0.15, -0.1) is 0 Å². The highest BCUT2D eigenvalue weighted by molar-refractivity contribution is 5.21. The van der Waals surface area contributed by atoms with Gasteiger partial charge < -0.3 is 5.32 Å². The van der Waals surface area contributed by atoms with Gasteiger partial charge in [-0.3, -0.25) is 0 Å². The summed E-state index contributed by atoms with van der Waals surface area (Å²) in [7, 11) is 0. The normalized spacial score (nSPS) is 11.6. The van der Waals surface area contributed by atoms with Crippen molar-refractivity contribution in [1.29, 1.82) is 0 Å². The molecule has 0 bridgehead atoms. The van der Waals surface area contributed by atoms with E-state index in [1.807, 2.05) is 6.07 Å². The first kappa shape index (κ1) is 14.6. The van der Waals surface area contributed by atoms with Gasteiger partial charge in [-0.25, -0.2) is 14.4 Å². The average molecular weight is 273 g/mol. The Labute approximate surface area is 119 Å². The Kier molecular flexibility index (Phi) is 4.45. The van der Waals surface area contributed by atoms with E-state index in [4.69, 9.17) is 0 Å². The van der Waals surface area contributed by atoms with Crippen LogP contribution in [0.4, 0.5) is 4.39 Å². The molecule has 106 valence electrons. The number of benzene rings is 1. The molecule has 0 spiro atoms. The minimum atomic E-state index is -0.213. The maximum atomic E-state index is 13.5. The summed E-state index contributed by atoms with van der Waals surface area (Å²) >= 11 is 0. The molecule has 0 aliphatic rings. The molecule has 2 rings (SSSR count). The lowest BCUT2D eigenvalue weighted by molar-refractivity contribution is 0.423. The summed E-state index contributed by atoms with van der Waals surface area (Å²) in [5.41, 5.74) is 1.71. The van der Waals surface area contributed by atoms with E-state index in [-0.39, 0.29) is 11.4 Å². The molecule has 0 fully saturated rings. The molecular formula is C16H20FN3. The summed E-state index contributed by atoms with van der Waals surface area (Å²) in [4.78, 5) is 8.60. The molecule has 1 aromatic carbocycles. The van der Waals surface area contributed by atoms with E-state index in [0.29, 0.717) is 17.8 Å². The van der Waals surface area contributed by atoms with Crippen molar-refractivity contribution in [2.24, 2.45) is 0 Å². The van der Waals surface area contributed by atoms with E-state index in [1.54, 1.807) is 24.5 Å². The minimum absolute atomic E-state index is 0.0613. The van der Waals surface area contributed by atoms with E-state index in [0.717, 1.165) is 12.1 Å². The maximum Gasteiger partial charge on any atom is 0.132 e. The molecule has 1 N–H and O–H groups in total. The Hall–Kier alpha value is -1.81. The van der Waals surface area contributed by atoms with Crippen LogP contribution in [0.15, 0.2) is 36.7 Å². The van der Waals surface area contributed by atoms with Crippen LogP contribution in [0.5, 0.6) is 0 Å². The monoisotopic (exact) mass is 273 g/mol. The summed E-state index contributed by atoms with van der Waals surface area (Å²) in [6.45, 7) is 7.06. The summed E-state index contributed by atoms with van der Waals surface area (Å²) in [5.74, 6) is 0.421. The molecule has 0 aliphatic heterocycles. The fourth-order valence-electron chi connectivity index (χ4n) is 1.74. The Morgan fingerprint density at radius 2 is 1.75 bits per heavy atom. The van der Waals surface area contributed by atoms with Crippen molar-refractivity contribution in [2.75, 3.05) is 0 Å². The average Bonchev–Trinajstić information content (AvgIpc) is 2.40. The third-order valence-corrected chi connectivity index (χ3v) is 2.89. The molecule has 0 unspecified atom stereocenters. The first-order valence-electron chi connectivity index (χ1n) is 6.72. The minimum Gasteiger partial charge on any atom is -0.308 e. The molecule has 0 aliphatic carbocycles. The van der Waals surface area contributed by atoms with Crippen LogP contribution < -0.4 is 5.32 Å². The summed E-state index contributed by atoms with van der Waals surface area (Å²) in [6.07, 6.45) is 4.00. The van der Waals surface area contributed by atoms with Gasteiger partial charge >= 0.3 is 0 Å². The lowest BCUT2D eigenvalue weighted by atomic mass is 10.1. The third kappa shape index (κ3) is 4.38. The van der Waals surface area contributed by atoms with Gasteiger partial charge in [0.05, 0.1) is 0 Å². The number of aromatic nitrogens is 2. The number of nitrogens with zero attached hydrogens (tertiary/aromatic N) is 2. The summed E-state index contributed by atoms with van der Waals surface area (Å²) < 4.78 is 13.5. The highest BCUT2D eigenvalue weighted by atomic mass is 19.1.